The molecule has 9 nitrogen and oxygen atoms in total. The molecule has 1 aromatic heterocycles. The first kappa shape index (κ1) is 27.3. The first-order valence-corrected chi connectivity index (χ1v) is 14.3. The second kappa shape index (κ2) is 12.0. The van der Waals surface area contributed by atoms with Crippen molar-refractivity contribution in [1.29, 1.82) is 5.41 Å². The van der Waals surface area contributed by atoms with Gasteiger partial charge in [-0.2, -0.15) is 15.1 Å². The van der Waals surface area contributed by atoms with Crippen LogP contribution in [0.3, 0.4) is 0 Å². The quantitative estimate of drug-likeness (QED) is 0.179. The highest BCUT2D eigenvalue weighted by molar-refractivity contribution is 8.27. The number of carbonyl (C=O) groups is 1. The highest BCUT2D eigenvalue weighted by Crippen LogP contribution is 2.31. The van der Waals surface area contributed by atoms with E-state index in [9.17, 15) is 4.79 Å². The Morgan fingerprint density at radius 3 is 2.67 bits per heavy atom. The highest BCUT2D eigenvalue weighted by atomic mass is 32.2. The summed E-state index contributed by atoms with van der Waals surface area (Å²) >= 11 is 1.24. The average Bonchev–Trinajstić information content (AvgIpc) is 3.58. The monoisotopic (exact) mass is 579 g/mol. The Labute approximate surface area is 247 Å². The molecule has 2 aliphatic rings. The number of amides is 1. The number of aryl methyl sites for hydroxylation is 2. The third-order valence-corrected chi connectivity index (χ3v) is 7.80. The molecule has 42 heavy (non-hydrogen) atoms. The molecule has 0 atom stereocenters. The molecule has 0 spiro atoms. The van der Waals surface area contributed by atoms with Crippen molar-refractivity contribution in [2.24, 2.45) is 10.1 Å². The van der Waals surface area contributed by atoms with Crippen molar-refractivity contribution in [1.82, 2.24) is 9.58 Å². The van der Waals surface area contributed by atoms with Gasteiger partial charge in [-0.15, -0.1) is 0 Å². The number of hydrogen-bond acceptors (Lipinski definition) is 7. The molecule has 0 saturated carbocycles. The molecule has 0 fully saturated rings. The number of nitrogens with one attached hydrogen (secondary N) is 1. The van der Waals surface area contributed by atoms with Crippen LogP contribution in [0.25, 0.3) is 17.0 Å². The van der Waals surface area contributed by atoms with E-state index < -0.39 is 5.91 Å². The molecule has 1 amide bonds. The summed E-state index contributed by atoms with van der Waals surface area (Å²) in [5, 5.41) is 16.7. The molecule has 3 aromatic carbocycles. The Morgan fingerprint density at radius 1 is 1.00 bits per heavy atom. The first-order chi connectivity index (χ1) is 20.5. The van der Waals surface area contributed by atoms with E-state index in [4.69, 9.17) is 19.6 Å². The summed E-state index contributed by atoms with van der Waals surface area (Å²) < 4.78 is 19.2. The zero-order chi connectivity index (χ0) is 29.1. The van der Waals surface area contributed by atoms with Gasteiger partial charge < -0.3 is 18.8 Å². The molecular weight excluding hydrogens is 550 g/mol. The van der Waals surface area contributed by atoms with Crippen LogP contribution >= 0.6 is 11.8 Å². The van der Waals surface area contributed by atoms with E-state index in [0.29, 0.717) is 16.8 Å². The van der Waals surface area contributed by atoms with Gasteiger partial charge in [-0.1, -0.05) is 42.5 Å². The van der Waals surface area contributed by atoms with E-state index in [1.54, 1.807) is 13.2 Å². The van der Waals surface area contributed by atoms with Crippen molar-refractivity contribution in [2.45, 2.75) is 19.9 Å². The molecule has 3 heterocycles. The number of ether oxygens (including phenoxy) is 3. The van der Waals surface area contributed by atoms with Crippen LogP contribution in [0.2, 0.25) is 0 Å². The van der Waals surface area contributed by atoms with Gasteiger partial charge >= 0.3 is 0 Å². The minimum absolute atomic E-state index is 0.00749. The summed E-state index contributed by atoms with van der Waals surface area (Å²) in [5.74, 6) is 1.82. The van der Waals surface area contributed by atoms with Gasteiger partial charge in [0.05, 0.1) is 19.3 Å². The number of benzene rings is 3. The molecule has 1 N–H and O–H groups in total. The van der Waals surface area contributed by atoms with Crippen molar-refractivity contribution < 1.29 is 19.0 Å². The molecule has 10 heteroatoms. The van der Waals surface area contributed by atoms with Crippen LogP contribution in [0, 0.1) is 12.3 Å². The van der Waals surface area contributed by atoms with Crippen molar-refractivity contribution in [2.75, 3.05) is 20.3 Å². The van der Waals surface area contributed by atoms with E-state index in [1.165, 1.54) is 16.8 Å². The van der Waals surface area contributed by atoms with Crippen LogP contribution in [0.4, 0.5) is 0 Å². The second-order valence-electron chi connectivity index (χ2n) is 9.74. The number of rotatable bonds is 10. The lowest BCUT2D eigenvalue weighted by Gasteiger charge is -2.20. The number of nitrogens with zero attached hydrogens (tertiary/aromatic N) is 4. The molecule has 0 saturated heterocycles. The van der Waals surface area contributed by atoms with Crippen molar-refractivity contribution in [3.05, 3.63) is 95.7 Å². The maximum atomic E-state index is 13.1. The lowest BCUT2D eigenvalue weighted by Crippen LogP contribution is -2.35. The van der Waals surface area contributed by atoms with E-state index in [2.05, 4.69) is 14.7 Å². The number of aromatic nitrogens is 1. The average molecular weight is 580 g/mol. The summed E-state index contributed by atoms with van der Waals surface area (Å²) in [6.45, 7) is 3.46. The second-order valence-corrected chi connectivity index (χ2v) is 10.8. The number of amidine groups is 2. The van der Waals surface area contributed by atoms with Gasteiger partial charge in [0.25, 0.3) is 5.91 Å². The fourth-order valence-electron chi connectivity index (χ4n) is 4.79. The van der Waals surface area contributed by atoms with Crippen molar-refractivity contribution in [3.8, 4) is 17.2 Å². The summed E-state index contributed by atoms with van der Waals surface area (Å²) in [6.07, 6.45) is 4.52. The number of carbonyl (C=O) groups excluding carboxylic acids is 1. The highest BCUT2D eigenvalue weighted by Gasteiger charge is 2.36. The Hall–Kier alpha value is -4.83. The molecule has 0 aliphatic carbocycles. The molecule has 0 radical (unpaired) electrons. The third kappa shape index (κ3) is 5.66. The zero-order valence-corrected chi connectivity index (χ0v) is 24.1. The Morgan fingerprint density at radius 2 is 1.81 bits per heavy atom. The number of thioether (sulfide) groups is 1. The van der Waals surface area contributed by atoms with Gasteiger partial charge in [0, 0.05) is 35.3 Å². The van der Waals surface area contributed by atoms with Crippen LogP contribution in [0.1, 0.15) is 17.5 Å². The van der Waals surface area contributed by atoms with Crippen LogP contribution in [0.15, 0.2) is 94.7 Å². The summed E-state index contributed by atoms with van der Waals surface area (Å²) in [6, 6.07) is 23.3. The molecule has 0 bridgehead atoms. The maximum absolute atomic E-state index is 13.1. The molecule has 6 rings (SSSR count). The SMILES string of the molecule is COc1cccc(OCCCn2cc(/C=C3/C(=N)N4N=C(COc5ccccc5C)SC4=NC3=O)c3ccccc32)c1. The first-order valence-electron chi connectivity index (χ1n) is 13.5. The zero-order valence-electron chi connectivity index (χ0n) is 23.2. The number of para-hydroxylation sites is 2. The van der Waals surface area contributed by atoms with E-state index in [1.807, 2.05) is 85.9 Å². The Bertz CT molecular complexity index is 1770. The van der Waals surface area contributed by atoms with Gasteiger partial charge in [-0.05, 0) is 61.0 Å². The topological polar surface area (TPSA) is 102 Å². The maximum Gasteiger partial charge on any atom is 0.283 e. The standard InChI is InChI=1S/C32H29N5O4S/c1-21-9-3-6-14-28(21)41-20-29-35-37-30(33)26(31(38)34-32(37)42-29)17-22-19-36(27-13-5-4-12-25(22)27)15-8-16-40-24-11-7-10-23(18-24)39-2/h3-7,9-14,17-19,33H,8,15-16,20H2,1-2H3/b26-17-,33-30?. The normalized spacial score (nSPS) is 15.6. The lowest BCUT2D eigenvalue weighted by molar-refractivity contribution is -0.114. The van der Waals surface area contributed by atoms with Crippen molar-refractivity contribution in [3.63, 3.8) is 0 Å². The van der Waals surface area contributed by atoms with Gasteiger partial charge in [-0.3, -0.25) is 10.2 Å². The lowest BCUT2D eigenvalue weighted by atomic mass is 10.1. The predicted octanol–water partition coefficient (Wildman–Crippen LogP) is 6.13. The van der Waals surface area contributed by atoms with Gasteiger partial charge in [0.2, 0.25) is 5.17 Å². The fraction of sp³-hybridized carbons (Fsp3) is 0.188. The largest absolute Gasteiger partial charge is 0.497 e. The minimum atomic E-state index is -0.460. The van der Waals surface area contributed by atoms with Crippen LogP contribution in [-0.2, 0) is 11.3 Å². The fourth-order valence-corrected chi connectivity index (χ4v) is 5.59. The van der Waals surface area contributed by atoms with Crippen LogP contribution in [0.5, 0.6) is 17.2 Å². The van der Waals surface area contributed by atoms with Gasteiger partial charge in [-0.25, -0.2) is 0 Å². The molecule has 2 aliphatic heterocycles. The van der Waals surface area contributed by atoms with Gasteiger partial charge in [0.15, 0.2) is 5.84 Å². The summed E-state index contributed by atoms with van der Waals surface area (Å²) in [5.41, 5.74) is 3.08. The number of hydrazone groups is 1. The van der Waals surface area contributed by atoms with E-state index >= 15 is 0 Å². The smallest absolute Gasteiger partial charge is 0.283 e. The molecule has 212 valence electrons. The van der Waals surface area contributed by atoms with Crippen molar-refractivity contribution >= 4 is 50.7 Å². The summed E-state index contributed by atoms with van der Waals surface area (Å²) in [7, 11) is 1.63. The molecule has 4 aromatic rings. The predicted molar refractivity (Wildman–Crippen MR) is 167 cm³/mol. The Kier molecular flexibility index (Phi) is 7.78. The van der Waals surface area contributed by atoms with Crippen LogP contribution < -0.4 is 14.2 Å². The summed E-state index contributed by atoms with van der Waals surface area (Å²) in [4.78, 5) is 17.3. The number of methoxy groups -OCH3 is 1. The molecule has 0 unspecified atom stereocenters. The van der Waals surface area contributed by atoms with Crippen LogP contribution in [-0.4, -0.2) is 51.9 Å². The third-order valence-electron chi connectivity index (χ3n) is 6.91. The number of fused-ring (bicyclic) bond motifs is 2. The number of hydrogen-bond donors (Lipinski definition) is 1. The minimum Gasteiger partial charge on any atom is -0.497 e. The van der Waals surface area contributed by atoms with Gasteiger partial charge in [0.1, 0.15) is 28.9 Å². The van der Waals surface area contributed by atoms with E-state index in [0.717, 1.165) is 52.2 Å². The Balaban J connectivity index is 1.17. The number of aliphatic imine (C=N–C) groups is 1. The van der Waals surface area contributed by atoms with E-state index in [-0.39, 0.29) is 18.0 Å². The molecular formula is C32H29N5O4S.